The van der Waals surface area contributed by atoms with Crippen molar-refractivity contribution in [2.24, 2.45) is 5.73 Å². The Labute approximate surface area is 109 Å². The van der Waals surface area contributed by atoms with Crippen LogP contribution in [-0.4, -0.2) is 11.5 Å². The van der Waals surface area contributed by atoms with Gasteiger partial charge < -0.3 is 5.73 Å². The zero-order valence-corrected chi connectivity index (χ0v) is 10.8. The highest BCUT2D eigenvalue weighted by atomic mass is 35.5. The van der Waals surface area contributed by atoms with Crippen LogP contribution < -0.4 is 5.73 Å². The Balaban J connectivity index is 2.64. The van der Waals surface area contributed by atoms with E-state index in [9.17, 15) is 4.79 Å². The number of thioether (sulfide) groups is 1. The van der Waals surface area contributed by atoms with Gasteiger partial charge in [0.25, 0.3) is 0 Å². The fourth-order valence-corrected chi connectivity index (χ4v) is 2.02. The quantitative estimate of drug-likeness (QED) is 0.517. The lowest BCUT2D eigenvalue weighted by molar-refractivity contribution is -0.112. The first-order chi connectivity index (χ1) is 8.04. The molecule has 5 heteroatoms. The maximum absolute atomic E-state index is 11.6. The number of halogens is 1. The number of benzene rings is 1. The maximum Gasteiger partial charge on any atom is 0.185 e. The molecule has 0 heterocycles. The molecule has 3 nitrogen and oxygen atoms in total. The van der Waals surface area contributed by atoms with Gasteiger partial charge in [-0.25, -0.2) is 0 Å². The standard InChI is InChI=1S/C12H11ClN2OS/c1-8(15)11(6-14)12(16)7-17-10-4-2-9(13)3-5-10/h2-5H,7,15H2,1H3/b11-8+. The molecule has 0 saturated carbocycles. The second-order valence-electron chi connectivity index (χ2n) is 3.34. The third-order valence-corrected chi connectivity index (χ3v) is 3.23. The highest BCUT2D eigenvalue weighted by molar-refractivity contribution is 8.00. The van der Waals surface area contributed by atoms with Crippen molar-refractivity contribution in [2.45, 2.75) is 11.8 Å². The molecule has 0 amide bonds. The van der Waals surface area contributed by atoms with Crippen molar-refractivity contribution in [2.75, 3.05) is 5.75 Å². The summed E-state index contributed by atoms with van der Waals surface area (Å²) in [6, 6.07) is 8.97. The van der Waals surface area contributed by atoms with E-state index in [0.29, 0.717) is 5.02 Å². The van der Waals surface area contributed by atoms with E-state index in [1.165, 1.54) is 11.8 Å². The lowest BCUT2D eigenvalue weighted by Gasteiger charge is -2.02. The summed E-state index contributed by atoms with van der Waals surface area (Å²) in [5.41, 5.74) is 5.74. The van der Waals surface area contributed by atoms with Gasteiger partial charge in [-0.1, -0.05) is 11.6 Å². The summed E-state index contributed by atoms with van der Waals surface area (Å²) in [6.45, 7) is 1.55. The molecule has 0 atom stereocenters. The van der Waals surface area contributed by atoms with Crippen molar-refractivity contribution in [1.29, 1.82) is 5.26 Å². The van der Waals surface area contributed by atoms with E-state index in [1.807, 2.05) is 18.2 Å². The average molecular weight is 267 g/mol. The molecule has 0 bridgehead atoms. The third-order valence-electron chi connectivity index (χ3n) is 1.97. The molecular weight excluding hydrogens is 256 g/mol. The number of carbonyl (C=O) groups is 1. The molecule has 1 rings (SSSR count). The van der Waals surface area contributed by atoms with Crippen molar-refractivity contribution < 1.29 is 4.79 Å². The molecule has 1 aromatic rings. The van der Waals surface area contributed by atoms with Gasteiger partial charge in [0.2, 0.25) is 0 Å². The molecule has 1 aromatic carbocycles. The number of hydrogen-bond donors (Lipinski definition) is 1. The van der Waals surface area contributed by atoms with Crippen LogP contribution in [0.15, 0.2) is 40.4 Å². The van der Waals surface area contributed by atoms with E-state index in [1.54, 1.807) is 19.1 Å². The van der Waals surface area contributed by atoms with Gasteiger partial charge in [0, 0.05) is 15.6 Å². The van der Waals surface area contributed by atoms with Gasteiger partial charge in [-0.3, -0.25) is 4.79 Å². The van der Waals surface area contributed by atoms with Crippen molar-refractivity contribution in [3.05, 3.63) is 40.6 Å². The van der Waals surface area contributed by atoms with E-state index in [2.05, 4.69) is 0 Å². The van der Waals surface area contributed by atoms with Crippen LogP contribution in [0.1, 0.15) is 6.92 Å². The normalized spacial score (nSPS) is 11.6. The topological polar surface area (TPSA) is 66.9 Å². The van der Waals surface area contributed by atoms with Gasteiger partial charge in [0.1, 0.15) is 11.6 Å². The Morgan fingerprint density at radius 3 is 2.53 bits per heavy atom. The number of nitrogens with two attached hydrogens (primary N) is 1. The predicted octanol–water partition coefficient (Wildman–Crippen LogP) is 2.76. The molecule has 0 unspecified atom stereocenters. The lowest BCUT2D eigenvalue weighted by atomic mass is 10.2. The molecule has 0 fully saturated rings. The largest absolute Gasteiger partial charge is 0.401 e. The van der Waals surface area contributed by atoms with Crippen molar-refractivity contribution in [3.8, 4) is 6.07 Å². The first-order valence-corrected chi connectivity index (χ1v) is 6.19. The molecule has 0 saturated heterocycles. The van der Waals surface area contributed by atoms with E-state index < -0.39 is 0 Å². The summed E-state index contributed by atoms with van der Waals surface area (Å²) in [7, 11) is 0. The molecule has 0 aliphatic carbocycles. The number of allylic oxidation sites excluding steroid dienone is 2. The maximum atomic E-state index is 11.6. The summed E-state index contributed by atoms with van der Waals surface area (Å²) >= 11 is 7.09. The predicted molar refractivity (Wildman–Crippen MR) is 69.7 cm³/mol. The van der Waals surface area contributed by atoms with Gasteiger partial charge >= 0.3 is 0 Å². The van der Waals surface area contributed by atoms with Crippen LogP contribution in [0, 0.1) is 11.3 Å². The summed E-state index contributed by atoms with van der Waals surface area (Å²) in [4.78, 5) is 12.6. The minimum atomic E-state index is -0.257. The number of carbonyl (C=O) groups excluding carboxylic acids is 1. The smallest absolute Gasteiger partial charge is 0.185 e. The van der Waals surface area contributed by atoms with Gasteiger partial charge in [0.15, 0.2) is 5.78 Å². The van der Waals surface area contributed by atoms with Crippen molar-refractivity contribution >= 4 is 29.1 Å². The summed E-state index contributed by atoms with van der Waals surface area (Å²) < 4.78 is 0. The zero-order valence-electron chi connectivity index (χ0n) is 9.24. The Morgan fingerprint density at radius 2 is 2.06 bits per heavy atom. The summed E-state index contributed by atoms with van der Waals surface area (Å²) in [5.74, 6) is -0.0635. The Hall–Kier alpha value is -1.44. The molecule has 0 aliphatic rings. The van der Waals surface area contributed by atoms with Gasteiger partial charge in [0.05, 0.1) is 5.75 Å². The molecular formula is C12H11ClN2OS. The van der Waals surface area contributed by atoms with E-state index in [-0.39, 0.29) is 22.8 Å². The second kappa shape index (κ2) is 6.33. The van der Waals surface area contributed by atoms with Gasteiger partial charge in [-0.05, 0) is 31.2 Å². The fourth-order valence-electron chi connectivity index (χ4n) is 1.12. The van der Waals surface area contributed by atoms with Gasteiger partial charge in [-0.15, -0.1) is 11.8 Å². The minimum absolute atomic E-state index is 0.0338. The van der Waals surface area contributed by atoms with E-state index in [0.717, 1.165) is 4.90 Å². The number of Topliss-reactive ketones (excluding diaryl/α,β-unsaturated/α-hetero) is 1. The van der Waals surface area contributed by atoms with Crippen LogP contribution >= 0.6 is 23.4 Å². The Bertz CT molecular complexity index is 484. The lowest BCUT2D eigenvalue weighted by Crippen LogP contribution is -2.10. The third kappa shape index (κ3) is 4.14. The zero-order chi connectivity index (χ0) is 12.8. The fraction of sp³-hybridized carbons (Fsp3) is 0.167. The van der Waals surface area contributed by atoms with Crippen LogP contribution in [0.3, 0.4) is 0 Å². The minimum Gasteiger partial charge on any atom is -0.401 e. The number of hydrogen-bond acceptors (Lipinski definition) is 4. The second-order valence-corrected chi connectivity index (χ2v) is 4.82. The number of nitrogens with zero attached hydrogens (tertiary/aromatic N) is 1. The Kier molecular flexibility index (Phi) is 5.08. The SMILES string of the molecule is C/C(N)=C(/C#N)C(=O)CSc1ccc(Cl)cc1. The van der Waals surface area contributed by atoms with E-state index >= 15 is 0 Å². The summed E-state index contributed by atoms with van der Waals surface area (Å²) in [5, 5.41) is 9.41. The van der Waals surface area contributed by atoms with Crippen LogP contribution in [0.5, 0.6) is 0 Å². The Morgan fingerprint density at radius 1 is 1.47 bits per heavy atom. The monoisotopic (exact) mass is 266 g/mol. The van der Waals surface area contributed by atoms with Crippen LogP contribution in [0.25, 0.3) is 0 Å². The molecule has 17 heavy (non-hydrogen) atoms. The van der Waals surface area contributed by atoms with E-state index in [4.69, 9.17) is 22.6 Å². The van der Waals surface area contributed by atoms with Crippen molar-refractivity contribution in [1.82, 2.24) is 0 Å². The van der Waals surface area contributed by atoms with Gasteiger partial charge in [-0.2, -0.15) is 5.26 Å². The highest BCUT2D eigenvalue weighted by Gasteiger charge is 2.11. The number of nitriles is 1. The molecule has 88 valence electrons. The molecule has 0 aromatic heterocycles. The van der Waals surface area contributed by atoms with Crippen molar-refractivity contribution in [3.63, 3.8) is 0 Å². The van der Waals surface area contributed by atoms with Crippen LogP contribution in [-0.2, 0) is 4.79 Å². The summed E-state index contributed by atoms with van der Waals surface area (Å²) in [6.07, 6.45) is 0. The first-order valence-electron chi connectivity index (χ1n) is 4.82. The number of rotatable bonds is 4. The van der Waals surface area contributed by atoms with Crippen LogP contribution in [0.2, 0.25) is 5.02 Å². The number of ketones is 1. The average Bonchev–Trinajstić information content (AvgIpc) is 2.28. The first kappa shape index (κ1) is 13.6. The molecule has 0 radical (unpaired) electrons. The highest BCUT2D eigenvalue weighted by Crippen LogP contribution is 2.21. The molecule has 0 aliphatic heterocycles. The molecule has 0 spiro atoms. The van der Waals surface area contributed by atoms with Crippen LogP contribution in [0.4, 0.5) is 0 Å². The molecule has 2 N–H and O–H groups in total.